The van der Waals surface area contributed by atoms with Crippen molar-refractivity contribution in [1.82, 2.24) is 4.90 Å². The van der Waals surface area contributed by atoms with Crippen LogP contribution in [0.1, 0.15) is 13.3 Å². The zero-order valence-corrected chi connectivity index (χ0v) is 11.7. The molecular formula is C15H23NO3. The van der Waals surface area contributed by atoms with Gasteiger partial charge in [0.25, 0.3) is 0 Å². The third kappa shape index (κ3) is 4.11. The van der Waals surface area contributed by atoms with Gasteiger partial charge in [-0.1, -0.05) is 0 Å². The van der Waals surface area contributed by atoms with E-state index in [1.165, 1.54) is 0 Å². The van der Waals surface area contributed by atoms with Gasteiger partial charge in [-0.05, 0) is 50.1 Å². The summed E-state index contributed by atoms with van der Waals surface area (Å²) in [4.78, 5) is 2.35. The number of aliphatic hydroxyl groups is 1. The van der Waals surface area contributed by atoms with E-state index in [9.17, 15) is 5.11 Å². The number of hydrogen-bond acceptors (Lipinski definition) is 4. The van der Waals surface area contributed by atoms with Crippen molar-refractivity contribution in [2.75, 3.05) is 33.4 Å². The fraction of sp³-hybridized carbons (Fsp3) is 0.600. The number of rotatable bonds is 6. The molecule has 0 amide bonds. The Bertz CT molecular complexity index is 377. The van der Waals surface area contributed by atoms with E-state index in [4.69, 9.17) is 9.47 Å². The summed E-state index contributed by atoms with van der Waals surface area (Å²) in [6.07, 6.45) is 0.882. The van der Waals surface area contributed by atoms with E-state index in [-0.39, 0.29) is 6.10 Å². The zero-order valence-electron chi connectivity index (χ0n) is 11.7. The van der Waals surface area contributed by atoms with E-state index in [0.29, 0.717) is 12.5 Å². The van der Waals surface area contributed by atoms with Gasteiger partial charge in [0.2, 0.25) is 0 Å². The number of aliphatic hydroxyl groups excluding tert-OH is 1. The van der Waals surface area contributed by atoms with E-state index in [0.717, 1.165) is 37.6 Å². The second-order valence-corrected chi connectivity index (χ2v) is 5.11. The molecule has 2 unspecified atom stereocenters. The SMILES string of the molecule is COc1ccc(OCCN2CCC(C(C)O)C2)cc1. The first-order valence-electron chi connectivity index (χ1n) is 6.86. The molecule has 19 heavy (non-hydrogen) atoms. The van der Waals surface area contributed by atoms with Gasteiger partial charge in [-0.15, -0.1) is 0 Å². The van der Waals surface area contributed by atoms with Gasteiger partial charge in [-0.2, -0.15) is 0 Å². The summed E-state index contributed by atoms with van der Waals surface area (Å²) in [5, 5.41) is 9.55. The number of benzene rings is 1. The number of nitrogens with zero attached hydrogens (tertiary/aromatic N) is 1. The molecule has 1 fully saturated rings. The highest BCUT2D eigenvalue weighted by Gasteiger charge is 2.25. The Morgan fingerprint density at radius 2 is 2.00 bits per heavy atom. The molecule has 0 saturated carbocycles. The van der Waals surface area contributed by atoms with Crippen molar-refractivity contribution >= 4 is 0 Å². The molecule has 4 heteroatoms. The monoisotopic (exact) mass is 265 g/mol. The molecule has 0 aliphatic carbocycles. The smallest absolute Gasteiger partial charge is 0.119 e. The summed E-state index contributed by atoms with van der Waals surface area (Å²) in [6, 6.07) is 7.63. The summed E-state index contributed by atoms with van der Waals surface area (Å²) in [5.74, 6) is 2.12. The van der Waals surface area contributed by atoms with Crippen molar-refractivity contribution in [3.05, 3.63) is 24.3 Å². The summed E-state index contributed by atoms with van der Waals surface area (Å²) in [6.45, 7) is 5.50. The van der Waals surface area contributed by atoms with Crippen LogP contribution >= 0.6 is 0 Å². The highest BCUT2D eigenvalue weighted by molar-refractivity contribution is 5.31. The third-order valence-electron chi connectivity index (χ3n) is 3.73. The molecule has 0 aromatic heterocycles. The van der Waals surface area contributed by atoms with E-state index in [2.05, 4.69) is 4.90 Å². The molecule has 1 aromatic carbocycles. The van der Waals surface area contributed by atoms with E-state index >= 15 is 0 Å². The summed E-state index contributed by atoms with van der Waals surface area (Å²) < 4.78 is 10.8. The van der Waals surface area contributed by atoms with Crippen LogP contribution in [0.2, 0.25) is 0 Å². The van der Waals surface area contributed by atoms with Crippen LogP contribution in [0.25, 0.3) is 0 Å². The van der Waals surface area contributed by atoms with Crippen LogP contribution in [0.15, 0.2) is 24.3 Å². The largest absolute Gasteiger partial charge is 0.497 e. The lowest BCUT2D eigenvalue weighted by molar-refractivity contribution is 0.125. The Morgan fingerprint density at radius 1 is 1.32 bits per heavy atom. The first-order chi connectivity index (χ1) is 9.19. The normalized spacial score (nSPS) is 21.3. The van der Waals surface area contributed by atoms with Crippen LogP contribution in [-0.2, 0) is 0 Å². The molecule has 2 rings (SSSR count). The van der Waals surface area contributed by atoms with Crippen LogP contribution in [0.4, 0.5) is 0 Å². The second kappa shape index (κ2) is 6.78. The zero-order chi connectivity index (χ0) is 13.7. The molecule has 1 heterocycles. The fourth-order valence-corrected chi connectivity index (χ4v) is 2.42. The first-order valence-corrected chi connectivity index (χ1v) is 6.86. The van der Waals surface area contributed by atoms with Crippen molar-refractivity contribution < 1.29 is 14.6 Å². The van der Waals surface area contributed by atoms with Gasteiger partial charge >= 0.3 is 0 Å². The maximum atomic E-state index is 9.55. The van der Waals surface area contributed by atoms with Gasteiger partial charge in [0, 0.05) is 13.1 Å². The minimum Gasteiger partial charge on any atom is -0.497 e. The molecule has 1 aromatic rings. The van der Waals surface area contributed by atoms with Crippen molar-refractivity contribution in [2.45, 2.75) is 19.4 Å². The average molecular weight is 265 g/mol. The molecule has 1 N–H and O–H groups in total. The maximum absolute atomic E-state index is 9.55. The van der Waals surface area contributed by atoms with Crippen LogP contribution in [-0.4, -0.2) is 49.5 Å². The van der Waals surface area contributed by atoms with E-state index in [1.807, 2.05) is 31.2 Å². The summed E-state index contributed by atoms with van der Waals surface area (Å²) >= 11 is 0. The minimum absolute atomic E-state index is 0.201. The highest BCUT2D eigenvalue weighted by atomic mass is 16.5. The van der Waals surface area contributed by atoms with Crippen molar-refractivity contribution in [2.24, 2.45) is 5.92 Å². The summed E-state index contributed by atoms with van der Waals surface area (Å²) in [5.41, 5.74) is 0. The van der Waals surface area contributed by atoms with Gasteiger partial charge in [0.15, 0.2) is 0 Å². The van der Waals surface area contributed by atoms with Gasteiger partial charge in [0.05, 0.1) is 13.2 Å². The molecule has 4 nitrogen and oxygen atoms in total. The number of likely N-dealkylation sites (tertiary alicyclic amines) is 1. The van der Waals surface area contributed by atoms with Gasteiger partial charge < -0.3 is 14.6 Å². The van der Waals surface area contributed by atoms with Crippen LogP contribution in [0.3, 0.4) is 0 Å². The molecule has 1 aliphatic heterocycles. The molecule has 1 saturated heterocycles. The van der Waals surface area contributed by atoms with Crippen molar-refractivity contribution in [1.29, 1.82) is 0 Å². The predicted octanol–water partition coefficient (Wildman–Crippen LogP) is 1.78. The molecule has 1 aliphatic rings. The van der Waals surface area contributed by atoms with Gasteiger partial charge in [-0.3, -0.25) is 4.90 Å². The molecular weight excluding hydrogens is 242 g/mol. The predicted molar refractivity (Wildman–Crippen MR) is 74.7 cm³/mol. The fourth-order valence-electron chi connectivity index (χ4n) is 2.42. The van der Waals surface area contributed by atoms with Crippen LogP contribution in [0, 0.1) is 5.92 Å². The molecule has 0 bridgehead atoms. The first kappa shape index (κ1) is 14.2. The number of ether oxygens (including phenoxy) is 2. The lowest BCUT2D eigenvalue weighted by atomic mass is 10.0. The maximum Gasteiger partial charge on any atom is 0.119 e. The summed E-state index contributed by atoms with van der Waals surface area (Å²) in [7, 11) is 1.65. The Balaban J connectivity index is 1.69. The van der Waals surface area contributed by atoms with Crippen molar-refractivity contribution in [3.8, 4) is 11.5 Å². The standard InChI is InChI=1S/C15H23NO3/c1-12(17)13-7-8-16(11-13)9-10-19-15-5-3-14(18-2)4-6-15/h3-6,12-13,17H,7-11H2,1-2H3. The van der Waals surface area contributed by atoms with E-state index < -0.39 is 0 Å². The average Bonchev–Trinajstić information content (AvgIpc) is 2.89. The quantitative estimate of drug-likeness (QED) is 0.851. The lowest BCUT2D eigenvalue weighted by Gasteiger charge is -2.17. The molecule has 0 radical (unpaired) electrons. The Kier molecular flexibility index (Phi) is 5.05. The van der Waals surface area contributed by atoms with Gasteiger partial charge in [0.1, 0.15) is 18.1 Å². The van der Waals surface area contributed by atoms with Gasteiger partial charge in [-0.25, -0.2) is 0 Å². The van der Waals surface area contributed by atoms with Crippen LogP contribution < -0.4 is 9.47 Å². The number of hydrogen-bond donors (Lipinski definition) is 1. The minimum atomic E-state index is -0.201. The van der Waals surface area contributed by atoms with Crippen LogP contribution in [0.5, 0.6) is 11.5 Å². The molecule has 106 valence electrons. The lowest BCUT2D eigenvalue weighted by Crippen LogP contribution is -2.28. The third-order valence-corrected chi connectivity index (χ3v) is 3.73. The second-order valence-electron chi connectivity index (χ2n) is 5.11. The Labute approximate surface area is 114 Å². The van der Waals surface area contributed by atoms with E-state index in [1.54, 1.807) is 7.11 Å². The molecule has 0 spiro atoms. The topological polar surface area (TPSA) is 41.9 Å². The number of methoxy groups -OCH3 is 1. The Hall–Kier alpha value is -1.26. The molecule has 2 atom stereocenters. The Morgan fingerprint density at radius 3 is 2.58 bits per heavy atom. The highest BCUT2D eigenvalue weighted by Crippen LogP contribution is 2.20. The van der Waals surface area contributed by atoms with Crippen molar-refractivity contribution in [3.63, 3.8) is 0 Å².